The first-order chi connectivity index (χ1) is 9.71. The van der Waals surface area contributed by atoms with Crippen LogP contribution in [0.25, 0.3) is 0 Å². The van der Waals surface area contributed by atoms with Crippen LogP contribution in [0, 0.1) is 0 Å². The summed E-state index contributed by atoms with van der Waals surface area (Å²) in [6, 6.07) is 9.34. The molecule has 0 amide bonds. The van der Waals surface area contributed by atoms with E-state index in [1.807, 2.05) is 0 Å². The predicted molar refractivity (Wildman–Crippen MR) is 83.1 cm³/mol. The van der Waals surface area contributed by atoms with Crippen LogP contribution < -0.4 is 5.32 Å². The maximum absolute atomic E-state index is 5.65. The third kappa shape index (κ3) is 3.08. The Bertz CT molecular complexity index is 436. The second kappa shape index (κ2) is 6.14. The standard InChI is InChI=1S/C16H22BrNO2/c1-19-16(6-7-20-11-16)10-18-15-8-13(9-15)12-2-4-14(17)5-3-12/h2-5,13,15,18H,6-11H2,1H3. The van der Waals surface area contributed by atoms with Crippen molar-refractivity contribution >= 4 is 15.9 Å². The number of hydrogen-bond acceptors (Lipinski definition) is 3. The van der Waals surface area contributed by atoms with Gasteiger partial charge >= 0.3 is 0 Å². The van der Waals surface area contributed by atoms with Crippen LogP contribution in [0.3, 0.4) is 0 Å². The summed E-state index contributed by atoms with van der Waals surface area (Å²) in [4.78, 5) is 0. The van der Waals surface area contributed by atoms with Crippen molar-refractivity contribution in [3.63, 3.8) is 0 Å². The third-order valence-electron chi connectivity index (χ3n) is 4.69. The Kier molecular flexibility index (Phi) is 4.46. The molecule has 1 unspecified atom stereocenters. The largest absolute Gasteiger partial charge is 0.378 e. The SMILES string of the molecule is COC1(CNC2CC(c3ccc(Br)cc3)C2)CCOC1. The fraction of sp³-hybridized carbons (Fsp3) is 0.625. The molecule has 1 saturated carbocycles. The van der Waals surface area contributed by atoms with Crippen LogP contribution in [-0.2, 0) is 9.47 Å². The highest BCUT2D eigenvalue weighted by Gasteiger charge is 2.37. The molecule has 1 aliphatic carbocycles. The Morgan fingerprint density at radius 1 is 1.35 bits per heavy atom. The summed E-state index contributed by atoms with van der Waals surface area (Å²) in [5.74, 6) is 0.707. The zero-order valence-electron chi connectivity index (χ0n) is 11.9. The summed E-state index contributed by atoms with van der Waals surface area (Å²) in [7, 11) is 1.79. The maximum Gasteiger partial charge on any atom is 0.106 e. The minimum absolute atomic E-state index is 0.0945. The van der Waals surface area contributed by atoms with Gasteiger partial charge in [0.05, 0.1) is 6.61 Å². The van der Waals surface area contributed by atoms with Crippen LogP contribution in [0.2, 0.25) is 0 Å². The first kappa shape index (κ1) is 14.5. The molecule has 0 radical (unpaired) electrons. The van der Waals surface area contributed by atoms with E-state index in [1.165, 1.54) is 18.4 Å². The second-order valence-corrected chi connectivity index (χ2v) is 6.90. The molecule has 1 heterocycles. The van der Waals surface area contributed by atoms with Crippen molar-refractivity contribution in [1.82, 2.24) is 5.32 Å². The molecule has 1 aromatic carbocycles. The number of nitrogens with one attached hydrogen (secondary N) is 1. The van der Waals surface area contributed by atoms with Gasteiger partial charge in [-0.2, -0.15) is 0 Å². The molecule has 0 bridgehead atoms. The monoisotopic (exact) mass is 339 g/mol. The van der Waals surface area contributed by atoms with E-state index in [1.54, 1.807) is 7.11 Å². The Hall–Kier alpha value is -0.420. The molecule has 1 aromatic rings. The minimum Gasteiger partial charge on any atom is -0.378 e. The summed E-state index contributed by atoms with van der Waals surface area (Å²) in [6.07, 6.45) is 3.45. The lowest BCUT2D eigenvalue weighted by Crippen LogP contribution is -2.49. The van der Waals surface area contributed by atoms with Crippen LogP contribution in [-0.4, -0.2) is 38.5 Å². The molecule has 2 aliphatic rings. The average molecular weight is 340 g/mol. The molecule has 110 valence electrons. The van der Waals surface area contributed by atoms with Gasteiger partial charge in [0.1, 0.15) is 5.60 Å². The lowest BCUT2D eigenvalue weighted by Gasteiger charge is -2.38. The van der Waals surface area contributed by atoms with Crippen molar-refractivity contribution in [2.24, 2.45) is 0 Å². The van der Waals surface area contributed by atoms with Crippen molar-refractivity contribution in [3.05, 3.63) is 34.3 Å². The van der Waals surface area contributed by atoms with E-state index in [4.69, 9.17) is 9.47 Å². The first-order valence-electron chi connectivity index (χ1n) is 7.32. The van der Waals surface area contributed by atoms with Gasteiger partial charge < -0.3 is 14.8 Å². The van der Waals surface area contributed by atoms with E-state index in [0.717, 1.165) is 30.7 Å². The Morgan fingerprint density at radius 3 is 2.70 bits per heavy atom. The Balaban J connectivity index is 1.45. The summed E-state index contributed by atoms with van der Waals surface area (Å²) in [5, 5.41) is 3.65. The topological polar surface area (TPSA) is 30.5 Å². The van der Waals surface area contributed by atoms with Gasteiger partial charge in [0.25, 0.3) is 0 Å². The van der Waals surface area contributed by atoms with E-state index in [2.05, 4.69) is 45.5 Å². The highest BCUT2D eigenvalue weighted by molar-refractivity contribution is 9.10. The highest BCUT2D eigenvalue weighted by Crippen LogP contribution is 2.37. The summed E-state index contributed by atoms with van der Waals surface area (Å²) in [5.41, 5.74) is 1.36. The van der Waals surface area contributed by atoms with Gasteiger partial charge in [-0.15, -0.1) is 0 Å². The zero-order valence-corrected chi connectivity index (χ0v) is 13.5. The maximum atomic E-state index is 5.65. The average Bonchev–Trinajstić information content (AvgIpc) is 2.88. The minimum atomic E-state index is -0.0945. The van der Waals surface area contributed by atoms with Gasteiger partial charge in [0, 0.05) is 37.2 Å². The van der Waals surface area contributed by atoms with Gasteiger partial charge in [0.2, 0.25) is 0 Å². The zero-order chi connectivity index (χ0) is 14.0. The lowest BCUT2D eigenvalue weighted by molar-refractivity contribution is -0.0196. The summed E-state index contributed by atoms with van der Waals surface area (Å²) >= 11 is 3.48. The van der Waals surface area contributed by atoms with E-state index < -0.39 is 0 Å². The van der Waals surface area contributed by atoms with Crippen molar-refractivity contribution in [2.75, 3.05) is 26.9 Å². The van der Waals surface area contributed by atoms with Crippen molar-refractivity contribution < 1.29 is 9.47 Å². The highest BCUT2D eigenvalue weighted by atomic mass is 79.9. The molecule has 0 aromatic heterocycles. The van der Waals surface area contributed by atoms with Gasteiger partial charge in [-0.25, -0.2) is 0 Å². The van der Waals surface area contributed by atoms with Crippen LogP contribution >= 0.6 is 15.9 Å². The molecule has 0 spiro atoms. The molecule has 1 aliphatic heterocycles. The second-order valence-electron chi connectivity index (χ2n) is 5.99. The number of benzene rings is 1. The molecule has 4 heteroatoms. The molecule has 1 atom stereocenters. The van der Waals surface area contributed by atoms with Crippen LogP contribution in [0.15, 0.2) is 28.7 Å². The van der Waals surface area contributed by atoms with Crippen molar-refractivity contribution in [1.29, 1.82) is 0 Å². The van der Waals surface area contributed by atoms with Crippen molar-refractivity contribution in [2.45, 2.75) is 36.8 Å². The van der Waals surface area contributed by atoms with E-state index in [0.29, 0.717) is 12.0 Å². The van der Waals surface area contributed by atoms with Gasteiger partial charge in [0.15, 0.2) is 0 Å². The Labute approximate surface area is 129 Å². The number of halogens is 1. The number of rotatable bonds is 5. The number of ether oxygens (including phenoxy) is 2. The molecular formula is C16H22BrNO2. The molecule has 2 fully saturated rings. The van der Waals surface area contributed by atoms with Gasteiger partial charge in [-0.1, -0.05) is 28.1 Å². The molecule has 3 rings (SSSR count). The fourth-order valence-corrected chi connectivity index (χ4v) is 3.35. The van der Waals surface area contributed by atoms with E-state index in [9.17, 15) is 0 Å². The van der Waals surface area contributed by atoms with E-state index >= 15 is 0 Å². The lowest BCUT2D eigenvalue weighted by atomic mass is 9.75. The fourth-order valence-electron chi connectivity index (χ4n) is 3.08. The smallest absolute Gasteiger partial charge is 0.106 e. The molecule has 1 N–H and O–H groups in total. The molecule has 3 nitrogen and oxygen atoms in total. The van der Waals surface area contributed by atoms with Crippen LogP contribution in [0.1, 0.15) is 30.7 Å². The van der Waals surface area contributed by atoms with Crippen molar-refractivity contribution in [3.8, 4) is 0 Å². The number of hydrogen-bond donors (Lipinski definition) is 1. The summed E-state index contributed by atoms with van der Waals surface area (Å²) in [6.45, 7) is 2.45. The quantitative estimate of drug-likeness (QED) is 0.894. The third-order valence-corrected chi connectivity index (χ3v) is 5.22. The first-order valence-corrected chi connectivity index (χ1v) is 8.12. The number of methoxy groups -OCH3 is 1. The molecular weight excluding hydrogens is 318 g/mol. The van der Waals surface area contributed by atoms with Gasteiger partial charge in [-0.05, 0) is 36.5 Å². The molecule has 1 saturated heterocycles. The van der Waals surface area contributed by atoms with Gasteiger partial charge in [-0.3, -0.25) is 0 Å². The van der Waals surface area contributed by atoms with Crippen LogP contribution in [0.5, 0.6) is 0 Å². The van der Waals surface area contributed by atoms with E-state index in [-0.39, 0.29) is 5.60 Å². The normalized spacial score (nSPS) is 33.1. The molecule has 20 heavy (non-hydrogen) atoms. The Morgan fingerprint density at radius 2 is 2.10 bits per heavy atom. The predicted octanol–water partition coefficient (Wildman–Crippen LogP) is 3.09. The van der Waals surface area contributed by atoms with Crippen LogP contribution in [0.4, 0.5) is 0 Å². The summed E-state index contributed by atoms with van der Waals surface area (Å²) < 4.78 is 12.3.